The third kappa shape index (κ3) is 12.7. The van der Waals surface area contributed by atoms with Crippen LogP contribution in [0.3, 0.4) is 0 Å². The molecule has 0 heterocycles. The molecule has 0 spiro atoms. The molecule has 0 aliphatic heterocycles. The van der Waals surface area contributed by atoms with E-state index >= 15 is 0 Å². The molecule has 1 unspecified atom stereocenters. The van der Waals surface area contributed by atoms with Gasteiger partial charge in [0.2, 0.25) is 0 Å². The normalized spacial score (nSPS) is 13.9. The van der Waals surface area contributed by atoms with Crippen LogP contribution in [0.5, 0.6) is 17.2 Å². The predicted molar refractivity (Wildman–Crippen MR) is 125 cm³/mol. The Morgan fingerprint density at radius 1 is 0.941 bits per heavy atom. The number of carboxylic acids is 1. The second kappa shape index (κ2) is 14.1. The number of likely N-dealkylation sites (N-methyl/N-ethyl adjacent to an activating group) is 1. The molecule has 2 aromatic rings. The van der Waals surface area contributed by atoms with E-state index in [0.29, 0.717) is 35.4 Å². The number of para-hydroxylation sites is 1. The maximum Gasteiger partial charge on any atom is 0.472 e. The Bertz CT molecular complexity index is 901. The topological polar surface area (TPSA) is 142 Å². The SMILES string of the molecule is C[N+](C)(C)C[C@@H](CC(=O)O)OP(=O)(O)OCCCCOc1ccc(Oc2ccccc2)cc1.[OH-]. The summed E-state index contributed by atoms with van der Waals surface area (Å²) in [6.07, 6.45) is -0.246. The molecular formula is C23H34NO9P. The lowest BCUT2D eigenvalue weighted by Gasteiger charge is -2.29. The van der Waals surface area contributed by atoms with Gasteiger partial charge in [0.25, 0.3) is 0 Å². The number of phosphoric acid groups is 1. The molecule has 34 heavy (non-hydrogen) atoms. The lowest BCUT2D eigenvalue weighted by Crippen LogP contribution is -2.42. The van der Waals surface area contributed by atoms with Gasteiger partial charge in [-0.25, -0.2) is 4.57 Å². The molecule has 2 rings (SSSR count). The predicted octanol–water partition coefficient (Wildman–Crippen LogP) is 4.14. The van der Waals surface area contributed by atoms with Crippen molar-refractivity contribution in [2.24, 2.45) is 0 Å². The highest BCUT2D eigenvalue weighted by Crippen LogP contribution is 2.45. The lowest BCUT2D eigenvalue weighted by molar-refractivity contribution is -0.873. The van der Waals surface area contributed by atoms with Gasteiger partial charge in [-0.05, 0) is 49.2 Å². The molecule has 0 radical (unpaired) electrons. The summed E-state index contributed by atoms with van der Waals surface area (Å²) in [5, 5.41) is 9.01. The highest BCUT2D eigenvalue weighted by atomic mass is 31.2. The van der Waals surface area contributed by atoms with Crippen molar-refractivity contribution in [1.82, 2.24) is 0 Å². The summed E-state index contributed by atoms with van der Waals surface area (Å²) in [5.41, 5.74) is 0. The standard InChI is InChI=1S/C23H32NO8P.H2O/c1-24(2,3)18-22(17-23(25)26)32-33(27,28)30-16-8-7-15-29-19-11-13-21(14-12-19)31-20-9-5-4-6-10-20;/h4-6,9-14,22H,7-8,15-18H2,1-3H3,(H-,25,26,27,28);1H2/t22-;/m1./s1. The zero-order valence-electron chi connectivity index (χ0n) is 19.7. The molecule has 0 aliphatic rings. The van der Waals surface area contributed by atoms with Gasteiger partial charge in [0.15, 0.2) is 0 Å². The number of nitrogens with zero attached hydrogens (tertiary/aromatic N) is 1. The van der Waals surface area contributed by atoms with E-state index in [9.17, 15) is 14.3 Å². The number of hydrogen-bond acceptors (Lipinski definition) is 7. The molecule has 0 aliphatic carbocycles. The molecule has 10 nitrogen and oxygen atoms in total. The van der Waals surface area contributed by atoms with Crippen molar-refractivity contribution in [3.05, 3.63) is 54.6 Å². The average molecular weight is 499 g/mol. The number of aliphatic carboxylic acids is 1. The summed E-state index contributed by atoms with van der Waals surface area (Å²) >= 11 is 0. The van der Waals surface area contributed by atoms with E-state index in [0.717, 1.165) is 5.75 Å². The fourth-order valence-corrected chi connectivity index (χ4v) is 3.90. The number of quaternary nitrogens is 1. The van der Waals surface area contributed by atoms with Crippen LogP contribution in [0.15, 0.2) is 54.6 Å². The molecular weight excluding hydrogens is 465 g/mol. The van der Waals surface area contributed by atoms with Crippen LogP contribution in [-0.2, 0) is 18.4 Å². The van der Waals surface area contributed by atoms with Gasteiger partial charge in [0, 0.05) is 0 Å². The highest BCUT2D eigenvalue weighted by Gasteiger charge is 2.31. The lowest BCUT2D eigenvalue weighted by atomic mass is 10.2. The highest BCUT2D eigenvalue weighted by molar-refractivity contribution is 7.47. The van der Waals surface area contributed by atoms with E-state index in [1.54, 1.807) is 12.1 Å². The molecule has 0 fully saturated rings. The maximum atomic E-state index is 12.2. The van der Waals surface area contributed by atoms with Crippen molar-refractivity contribution < 1.29 is 47.8 Å². The zero-order valence-corrected chi connectivity index (χ0v) is 20.6. The minimum atomic E-state index is -4.36. The minimum Gasteiger partial charge on any atom is -0.870 e. The first-order valence-corrected chi connectivity index (χ1v) is 12.2. The van der Waals surface area contributed by atoms with E-state index < -0.39 is 19.9 Å². The second-order valence-corrected chi connectivity index (χ2v) is 9.95. The Balaban J connectivity index is 0.00000578. The van der Waals surface area contributed by atoms with Crippen molar-refractivity contribution in [2.45, 2.75) is 25.4 Å². The van der Waals surface area contributed by atoms with E-state index in [1.165, 1.54) is 0 Å². The van der Waals surface area contributed by atoms with Gasteiger partial charge in [-0.15, -0.1) is 0 Å². The van der Waals surface area contributed by atoms with Crippen molar-refractivity contribution in [3.8, 4) is 17.2 Å². The number of hydrogen-bond donors (Lipinski definition) is 2. The number of carbonyl (C=O) groups is 1. The Labute approximate surface area is 200 Å². The summed E-state index contributed by atoms with van der Waals surface area (Å²) in [4.78, 5) is 20.9. The zero-order chi connectivity index (χ0) is 24.3. The van der Waals surface area contributed by atoms with Gasteiger partial charge in [-0.1, -0.05) is 18.2 Å². The van der Waals surface area contributed by atoms with Crippen LogP contribution >= 0.6 is 7.82 Å². The van der Waals surface area contributed by atoms with E-state index in [2.05, 4.69) is 0 Å². The van der Waals surface area contributed by atoms with Crippen molar-refractivity contribution in [2.75, 3.05) is 40.9 Å². The molecule has 0 aromatic heterocycles. The van der Waals surface area contributed by atoms with Gasteiger partial charge >= 0.3 is 13.8 Å². The Kier molecular flexibility index (Phi) is 12.2. The summed E-state index contributed by atoms with van der Waals surface area (Å²) in [6, 6.07) is 16.7. The van der Waals surface area contributed by atoms with Gasteiger partial charge in [-0.3, -0.25) is 13.8 Å². The monoisotopic (exact) mass is 499 g/mol. The minimum absolute atomic E-state index is 0. The van der Waals surface area contributed by atoms with Crippen molar-refractivity contribution in [1.29, 1.82) is 0 Å². The van der Waals surface area contributed by atoms with Crippen LogP contribution in [0.2, 0.25) is 0 Å². The molecule has 0 amide bonds. The van der Waals surface area contributed by atoms with E-state index in [4.69, 9.17) is 23.6 Å². The molecule has 3 N–H and O–H groups in total. The van der Waals surface area contributed by atoms with Crippen LogP contribution in [0.1, 0.15) is 19.3 Å². The third-order valence-corrected chi connectivity index (χ3v) is 5.37. The molecule has 11 heteroatoms. The van der Waals surface area contributed by atoms with E-state index in [1.807, 2.05) is 63.6 Å². The Morgan fingerprint density at radius 2 is 1.50 bits per heavy atom. The third-order valence-electron chi connectivity index (χ3n) is 4.30. The first kappa shape index (κ1) is 29.6. The Hall–Kier alpha value is -2.46. The van der Waals surface area contributed by atoms with Crippen molar-refractivity contribution >= 4 is 13.8 Å². The van der Waals surface area contributed by atoms with Crippen LogP contribution in [0, 0.1) is 0 Å². The average Bonchev–Trinajstić information content (AvgIpc) is 2.70. The second-order valence-electron chi connectivity index (χ2n) is 8.54. The summed E-state index contributed by atoms with van der Waals surface area (Å²) < 4.78 is 34.1. The fraction of sp³-hybridized carbons (Fsp3) is 0.435. The summed E-state index contributed by atoms with van der Waals surface area (Å²) in [6.45, 7) is 0.649. The maximum absolute atomic E-state index is 12.2. The number of unbranched alkanes of at least 4 members (excludes halogenated alkanes) is 1. The van der Waals surface area contributed by atoms with Crippen molar-refractivity contribution in [3.63, 3.8) is 0 Å². The fourth-order valence-electron chi connectivity index (χ4n) is 2.96. The molecule has 2 atom stereocenters. The largest absolute Gasteiger partial charge is 0.870 e. The number of phosphoric ester groups is 1. The molecule has 0 saturated heterocycles. The molecule has 0 bridgehead atoms. The summed E-state index contributed by atoms with van der Waals surface area (Å²) in [7, 11) is 1.16. The molecule has 190 valence electrons. The molecule has 2 aromatic carbocycles. The number of carboxylic acid groups (broad SMARTS) is 1. The molecule has 0 saturated carbocycles. The van der Waals surface area contributed by atoms with Crippen LogP contribution in [-0.4, -0.2) is 72.9 Å². The Morgan fingerprint density at radius 3 is 2.09 bits per heavy atom. The van der Waals surface area contributed by atoms with Crippen LogP contribution in [0.4, 0.5) is 0 Å². The van der Waals surface area contributed by atoms with Gasteiger partial charge in [0.05, 0.1) is 40.8 Å². The van der Waals surface area contributed by atoms with Gasteiger partial charge in [0.1, 0.15) is 29.9 Å². The first-order chi connectivity index (χ1) is 15.5. The summed E-state index contributed by atoms with van der Waals surface area (Å²) in [5.74, 6) is 1.03. The number of ether oxygens (including phenoxy) is 2. The van der Waals surface area contributed by atoms with Crippen LogP contribution < -0.4 is 9.47 Å². The smallest absolute Gasteiger partial charge is 0.472 e. The van der Waals surface area contributed by atoms with E-state index in [-0.39, 0.29) is 25.0 Å². The van der Waals surface area contributed by atoms with Crippen LogP contribution in [0.25, 0.3) is 0 Å². The van der Waals surface area contributed by atoms with Gasteiger partial charge in [-0.2, -0.15) is 0 Å². The number of benzene rings is 2. The number of rotatable bonds is 15. The first-order valence-electron chi connectivity index (χ1n) is 10.7. The van der Waals surface area contributed by atoms with Gasteiger partial charge < -0.3 is 29.4 Å². The quantitative estimate of drug-likeness (QED) is 0.210.